The molecule has 0 amide bonds. The molecule has 1 aromatic heterocycles. The number of benzene rings is 1. The predicted molar refractivity (Wildman–Crippen MR) is 89.9 cm³/mol. The summed E-state index contributed by atoms with van der Waals surface area (Å²) in [5.74, 6) is 0. The minimum atomic E-state index is 0.271. The third-order valence-electron chi connectivity index (χ3n) is 3.72. The summed E-state index contributed by atoms with van der Waals surface area (Å²) < 4.78 is 3.05. The van der Waals surface area contributed by atoms with Gasteiger partial charge in [0.15, 0.2) is 0 Å². The van der Waals surface area contributed by atoms with Crippen molar-refractivity contribution in [3.05, 3.63) is 39.6 Å². The van der Waals surface area contributed by atoms with Crippen molar-refractivity contribution in [3.8, 4) is 5.69 Å². The largest absolute Gasteiger partial charge is 0.309 e. The van der Waals surface area contributed by atoms with Gasteiger partial charge in [-0.3, -0.25) is 0 Å². The predicted octanol–water partition coefficient (Wildman–Crippen LogP) is 3.96. The fourth-order valence-corrected chi connectivity index (χ4v) is 2.88. The summed E-state index contributed by atoms with van der Waals surface area (Å²) >= 11 is 3.59. The van der Waals surface area contributed by atoms with Crippen LogP contribution in [-0.2, 0) is 6.42 Å². The minimum absolute atomic E-state index is 0.271. The Morgan fingerprint density at radius 2 is 2.05 bits per heavy atom. The summed E-state index contributed by atoms with van der Waals surface area (Å²) in [5.41, 5.74) is 4.52. The molecule has 4 nitrogen and oxygen atoms in total. The van der Waals surface area contributed by atoms with Gasteiger partial charge in [0.2, 0.25) is 0 Å². The highest BCUT2D eigenvalue weighted by atomic mass is 79.9. The molecule has 2 aromatic rings. The summed E-state index contributed by atoms with van der Waals surface area (Å²) in [5, 5.41) is 12.3. The second kappa shape index (κ2) is 7.18. The molecule has 0 bridgehead atoms. The number of halogens is 1. The Bertz CT molecular complexity index is 606. The molecule has 0 saturated heterocycles. The molecule has 21 heavy (non-hydrogen) atoms. The fraction of sp³-hybridized carbons (Fsp3) is 0.500. The van der Waals surface area contributed by atoms with E-state index >= 15 is 0 Å². The number of aromatic nitrogens is 3. The first-order chi connectivity index (χ1) is 10.1. The molecule has 1 heterocycles. The van der Waals surface area contributed by atoms with Gasteiger partial charge in [0.25, 0.3) is 0 Å². The lowest BCUT2D eigenvalue weighted by Gasteiger charge is -2.15. The van der Waals surface area contributed by atoms with Crippen LogP contribution in [0.2, 0.25) is 0 Å². The molecule has 0 radical (unpaired) electrons. The van der Waals surface area contributed by atoms with E-state index in [0.717, 1.165) is 35.2 Å². The monoisotopic (exact) mass is 350 g/mol. The van der Waals surface area contributed by atoms with E-state index in [1.54, 1.807) is 0 Å². The molecule has 1 N–H and O–H groups in total. The lowest BCUT2D eigenvalue weighted by molar-refractivity contribution is 0.520. The first-order valence-corrected chi connectivity index (χ1v) is 8.35. The van der Waals surface area contributed by atoms with Crippen molar-refractivity contribution < 1.29 is 0 Å². The van der Waals surface area contributed by atoms with Gasteiger partial charge < -0.3 is 5.32 Å². The topological polar surface area (TPSA) is 42.7 Å². The van der Waals surface area contributed by atoms with E-state index in [0.29, 0.717) is 0 Å². The van der Waals surface area contributed by atoms with Gasteiger partial charge >= 0.3 is 0 Å². The maximum absolute atomic E-state index is 4.44. The number of nitrogens with one attached hydrogen (secondary N) is 1. The molecule has 0 aliphatic heterocycles. The maximum Gasteiger partial charge on any atom is 0.103 e. The zero-order valence-corrected chi connectivity index (χ0v) is 14.7. The van der Waals surface area contributed by atoms with Gasteiger partial charge in [0.1, 0.15) is 5.69 Å². The molecule has 114 valence electrons. The van der Waals surface area contributed by atoms with Crippen molar-refractivity contribution in [2.45, 2.75) is 46.6 Å². The lowest BCUT2D eigenvalue weighted by Crippen LogP contribution is -2.21. The highest BCUT2D eigenvalue weighted by Gasteiger charge is 2.19. The zero-order valence-electron chi connectivity index (χ0n) is 13.2. The van der Waals surface area contributed by atoms with Crippen molar-refractivity contribution >= 4 is 15.9 Å². The molecule has 0 spiro atoms. The van der Waals surface area contributed by atoms with Crippen LogP contribution in [0.4, 0.5) is 0 Å². The van der Waals surface area contributed by atoms with Crippen molar-refractivity contribution in [2.24, 2.45) is 0 Å². The summed E-state index contributed by atoms with van der Waals surface area (Å²) in [6, 6.07) is 6.56. The van der Waals surface area contributed by atoms with E-state index in [9.17, 15) is 0 Å². The first kappa shape index (κ1) is 16.2. The van der Waals surface area contributed by atoms with E-state index in [2.05, 4.69) is 77.5 Å². The molecular weight excluding hydrogens is 328 g/mol. The highest BCUT2D eigenvalue weighted by Crippen LogP contribution is 2.24. The van der Waals surface area contributed by atoms with Crippen LogP contribution in [0.15, 0.2) is 22.7 Å². The van der Waals surface area contributed by atoms with Gasteiger partial charge in [-0.25, -0.2) is 4.68 Å². The van der Waals surface area contributed by atoms with Crippen molar-refractivity contribution in [1.29, 1.82) is 0 Å². The molecule has 1 atom stereocenters. The van der Waals surface area contributed by atoms with Crippen LogP contribution in [0.25, 0.3) is 5.69 Å². The molecule has 0 aliphatic carbocycles. The molecule has 1 unspecified atom stereocenters. The third kappa shape index (κ3) is 3.35. The molecule has 2 rings (SSSR count). The van der Waals surface area contributed by atoms with Crippen LogP contribution < -0.4 is 5.32 Å². The quantitative estimate of drug-likeness (QED) is 0.857. The lowest BCUT2D eigenvalue weighted by atomic mass is 10.1. The van der Waals surface area contributed by atoms with E-state index in [-0.39, 0.29) is 6.04 Å². The Morgan fingerprint density at radius 1 is 1.29 bits per heavy atom. The van der Waals surface area contributed by atoms with Crippen LogP contribution in [0.3, 0.4) is 0 Å². The molecule has 0 saturated carbocycles. The zero-order chi connectivity index (χ0) is 15.4. The summed E-state index contributed by atoms with van der Waals surface area (Å²) in [6.07, 6.45) is 1.92. The fourth-order valence-electron chi connectivity index (χ4n) is 2.52. The van der Waals surface area contributed by atoms with Gasteiger partial charge in [-0.2, -0.15) is 0 Å². The number of hydrogen-bond acceptors (Lipinski definition) is 3. The molecule has 1 aromatic carbocycles. The average Bonchev–Trinajstić information content (AvgIpc) is 2.91. The highest BCUT2D eigenvalue weighted by molar-refractivity contribution is 9.10. The second-order valence-corrected chi connectivity index (χ2v) is 5.99. The van der Waals surface area contributed by atoms with Gasteiger partial charge in [0.05, 0.1) is 17.4 Å². The Labute approximate surface area is 135 Å². The van der Waals surface area contributed by atoms with Crippen molar-refractivity contribution in [2.75, 3.05) is 6.54 Å². The van der Waals surface area contributed by atoms with Gasteiger partial charge in [-0.1, -0.05) is 48.0 Å². The Hall–Kier alpha value is -1.20. The van der Waals surface area contributed by atoms with Gasteiger partial charge in [-0.15, -0.1) is 5.10 Å². The molecular formula is C16H23BrN4. The van der Waals surface area contributed by atoms with Crippen LogP contribution >= 0.6 is 15.9 Å². The average molecular weight is 351 g/mol. The number of aryl methyl sites for hydroxylation is 1. The van der Waals surface area contributed by atoms with Crippen LogP contribution in [0, 0.1) is 6.92 Å². The standard InChI is InChI=1S/C16H23BrN4/c1-5-14(18-7-3)16-15(6-2)21(20-19-16)12-9-8-11(4)13(17)10-12/h8-10,14,18H,5-7H2,1-4H3. The Morgan fingerprint density at radius 3 is 2.62 bits per heavy atom. The summed E-state index contributed by atoms with van der Waals surface area (Å²) in [4.78, 5) is 0. The van der Waals surface area contributed by atoms with E-state index in [1.165, 1.54) is 11.3 Å². The van der Waals surface area contributed by atoms with Gasteiger partial charge in [-0.05, 0) is 44.0 Å². The molecule has 0 aliphatic rings. The second-order valence-electron chi connectivity index (χ2n) is 5.14. The van der Waals surface area contributed by atoms with E-state index in [4.69, 9.17) is 0 Å². The Balaban J connectivity index is 2.45. The normalized spacial score (nSPS) is 12.6. The summed E-state index contributed by atoms with van der Waals surface area (Å²) in [6.45, 7) is 9.47. The van der Waals surface area contributed by atoms with Crippen molar-refractivity contribution in [3.63, 3.8) is 0 Å². The van der Waals surface area contributed by atoms with E-state index < -0.39 is 0 Å². The first-order valence-electron chi connectivity index (χ1n) is 7.56. The number of hydrogen-bond donors (Lipinski definition) is 1. The SMILES string of the molecule is CCNC(CC)c1nnn(-c2ccc(C)c(Br)c2)c1CC. The maximum atomic E-state index is 4.44. The van der Waals surface area contributed by atoms with Crippen molar-refractivity contribution in [1.82, 2.24) is 20.3 Å². The number of nitrogens with zero attached hydrogens (tertiary/aromatic N) is 3. The molecule has 5 heteroatoms. The van der Waals surface area contributed by atoms with Crippen LogP contribution in [0.1, 0.15) is 50.2 Å². The van der Waals surface area contributed by atoms with Crippen LogP contribution in [-0.4, -0.2) is 21.5 Å². The minimum Gasteiger partial charge on any atom is -0.309 e. The Kier molecular flexibility index (Phi) is 5.53. The van der Waals surface area contributed by atoms with Gasteiger partial charge in [0, 0.05) is 4.47 Å². The molecule has 0 fully saturated rings. The smallest absolute Gasteiger partial charge is 0.103 e. The van der Waals surface area contributed by atoms with E-state index in [1.807, 2.05) is 4.68 Å². The van der Waals surface area contributed by atoms with Crippen LogP contribution in [0.5, 0.6) is 0 Å². The summed E-state index contributed by atoms with van der Waals surface area (Å²) in [7, 11) is 0. The third-order valence-corrected chi connectivity index (χ3v) is 4.57. The number of rotatable bonds is 6.